The smallest absolute Gasteiger partial charge is 0.254 e. The van der Waals surface area contributed by atoms with Crippen molar-refractivity contribution in [3.05, 3.63) is 53.3 Å². The van der Waals surface area contributed by atoms with Crippen molar-refractivity contribution in [3.8, 4) is 0 Å². The van der Waals surface area contributed by atoms with E-state index in [0.717, 1.165) is 11.1 Å². The number of sulfone groups is 1. The first kappa shape index (κ1) is 17.3. The first-order valence-electron chi connectivity index (χ1n) is 8.05. The maximum atomic E-state index is 12.2. The summed E-state index contributed by atoms with van der Waals surface area (Å²) >= 11 is 0. The van der Waals surface area contributed by atoms with Gasteiger partial charge in [0.15, 0.2) is 9.84 Å². The predicted octanol–water partition coefficient (Wildman–Crippen LogP) is 1.31. The van der Waals surface area contributed by atoms with Gasteiger partial charge in [-0.05, 0) is 24.5 Å². The van der Waals surface area contributed by atoms with Crippen LogP contribution < -0.4 is 10.6 Å². The topological polar surface area (TPSA) is 101 Å². The van der Waals surface area contributed by atoms with Crippen molar-refractivity contribution in [1.82, 2.24) is 15.3 Å². The Morgan fingerprint density at radius 2 is 1.96 bits per heavy atom. The Labute approximate surface area is 146 Å². The van der Waals surface area contributed by atoms with Gasteiger partial charge in [0.1, 0.15) is 0 Å². The van der Waals surface area contributed by atoms with Gasteiger partial charge in [-0.3, -0.25) is 4.79 Å². The van der Waals surface area contributed by atoms with Gasteiger partial charge in [-0.1, -0.05) is 24.3 Å². The van der Waals surface area contributed by atoms with Gasteiger partial charge in [-0.2, -0.15) is 0 Å². The molecule has 1 aliphatic rings. The van der Waals surface area contributed by atoms with E-state index in [0.29, 0.717) is 24.5 Å². The first-order chi connectivity index (χ1) is 11.9. The first-order valence-corrected chi connectivity index (χ1v) is 9.87. The predicted molar refractivity (Wildman–Crippen MR) is 95.1 cm³/mol. The Morgan fingerprint density at radius 3 is 2.60 bits per heavy atom. The summed E-state index contributed by atoms with van der Waals surface area (Å²) in [5.41, 5.74) is 2.53. The van der Waals surface area contributed by atoms with Gasteiger partial charge in [0, 0.05) is 25.0 Å². The van der Waals surface area contributed by atoms with Crippen LogP contribution in [0.25, 0.3) is 0 Å². The molecule has 3 rings (SSSR count). The number of rotatable bonds is 5. The zero-order valence-electron chi connectivity index (χ0n) is 13.9. The second-order valence-corrected chi connectivity index (χ2v) is 8.38. The Balaban J connectivity index is 1.56. The van der Waals surface area contributed by atoms with Crippen LogP contribution >= 0.6 is 0 Å². The molecule has 1 aromatic carbocycles. The second kappa shape index (κ2) is 7.18. The highest BCUT2D eigenvalue weighted by atomic mass is 32.2. The number of nitrogens with one attached hydrogen (secondary N) is 2. The molecule has 2 aromatic rings. The van der Waals surface area contributed by atoms with E-state index in [1.54, 1.807) is 0 Å². The molecule has 1 fully saturated rings. The third-order valence-electron chi connectivity index (χ3n) is 4.18. The van der Waals surface area contributed by atoms with Gasteiger partial charge in [0.05, 0.1) is 17.1 Å². The van der Waals surface area contributed by atoms with Crippen molar-refractivity contribution in [1.29, 1.82) is 0 Å². The number of anilines is 1. The molecule has 2 N–H and O–H groups in total. The average Bonchev–Trinajstić information content (AvgIpc) is 2.93. The van der Waals surface area contributed by atoms with Crippen molar-refractivity contribution < 1.29 is 13.2 Å². The molecule has 1 unspecified atom stereocenters. The van der Waals surface area contributed by atoms with Crippen LogP contribution in [0.3, 0.4) is 0 Å². The van der Waals surface area contributed by atoms with Crippen LogP contribution in [-0.4, -0.2) is 41.8 Å². The van der Waals surface area contributed by atoms with Gasteiger partial charge in [0.25, 0.3) is 5.91 Å². The molecule has 0 aliphatic carbocycles. The van der Waals surface area contributed by atoms with E-state index < -0.39 is 9.84 Å². The summed E-state index contributed by atoms with van der Waals surface area (Å²) in [6, 6.07) is 7.67. The molecule has 1 saturated heterocycles. The fraction of sp³-hybridized carbons (Fsp3) is 0.353. The Morgan fingerprint density at radius 1 is 1.24 bits per heavy atom. The lowest BCUT2D eigenvalue weighted by Gasteiger charge is -2.11. The van der Waals surface area contributed by atoms with E-state index in [9.17, 15) is 13.2 Å². The Kier molecular flexibility index (Phi) is 4.98. The minimum absolute atomic E-state index is 0.0923. The highest BCUT2D eigenvalue weighted by molar-refractivity contribution is 7.91. The van der Waals surface area contributed by atoms with Gasteiger partial charge in [-0.15, -0.1) is 0 Å². The lowest BCUT2D eigenvalue weighted by atomic mass is 10.1. The molecular formula is C17H20N4O3S. The summed E-state index contributed by atoms with van der Waals surface area (Å²) in [5.74, 6) is 0.356. The second-order valence-electron chi connectivity index (χ2n) is 6.15. The van der Waals surface area contributed by atoms with Crippen molar-refractivity contribution in [2.45, 2.75) is 25.9 Å². The zero-order chi connectivity index (χ0) is 17.9. The largest absolute Gasteiger partial charge is 0.350 e. The van der Waals surface area contributed by atoms with Crippen molar-refractivity contribution >= 4 is 21.7 Å². The third-order valence-corrected chi connectivity index (χ3v) is 5.95. The molecule has 2 heterocycles. The van der Waals surface area contributed by atoms with E-state index in [4.69, 9.17) is 0 Å². The van der Waals surface area contributed by atoms with E-state index >= 15 is 0 Å². The number of aromatic nitrogens is 2. The summed E-state index contributed by atoms with van der Waals surface area (Å²) in [6.45, 7) is 2.43. The SMILES string of the molecule is Cc1ccccc1CNC(=O)c1cnc(NC2CCS(=O)(=O)C2)nc1. The lowest BCUT2D eigenvalue weighted by molar-refractivity contribution is 0.0950. The summed E-state index contributed by atoms with van der Waals surface area (Å²) < 4.78 is 22.9. The fourth-order valence-electron chi connectivity index (χ4n) is 2.70. The minimum atomic E-state index is -2.96. The normalized spacial score (nSPS) is 18.7. The number of benzene rings is 1. The molecule has 0 saturated carbocycles. The van der Waals surface area contributed by atoms with Crippen molar-refractivity contribution in [3.63, 3.8) is 0 Å². The van der Waals surface area contributed by atoms with E-state index in [-0.39, 0.29) is 23.5 Å². The number of nitrogens with zero attached hydrogens (tertiary/aromatic N) is 2. The highest BCUT2D eigenvalue weighted by Crippen LogP contribution is 2.15. The number of amides is 1. The van der Waals surface area contributed by atoms with E-state index in [1.807, 2.05) is 31.2 Å². The average molecular weight is 360 g/mol. The summed E-state index contributed by atoms with van der Waals surface area (Å²) in [6.07, 6.45) is 3.42. The zero-order valence-corrected chi connectivity index (χ0v) is 14.7. The third kappa shape index (κ3) is 4.54. The van der Waals surface area contributed by atoms with Gasteiger partial charge < -0.3 is 10.6 Å². The number of hydrogen-bond acceptors (Lipinski definition) is 6. The molecular weight excluding hydrogens is 340 g/mol. The van der Waals surface area contributed by atoms with Crippen LogP contribution in [0, 0.1) is 6.92 Å². The molecule has 25 heavy (non-hydrogen) atoms. The lowest BCUT2D eigenvalue weighted by Crippen LogP contribution is -2.24. The molecule has 7 nitrogen and oxygen atoms in total. The molecule has 1 aromatic heterocycles. The Bertz CT molecular complexity index is 866. The van der Waals surface area contributed by atoms with Gasteiger partial charge in [-0.25, -0.2) is 18.4 Å². The highest BCUT2D eigenvalue weighted by Gasteiger charge is 2.28. The van der Waals surface area contributed by atoms with E-state index in [1.165, 1.54) is 12.4 Å². The molecule has 1 aliphatic heterocycles. The molecule has 0 bridgehead atoms. The van der Waals surface area contributed by atoms with Crippen LogP contribution in [0.2, 0.25) is 0 Å². The van der Waals surface area contributed by atoms with Gasteiger partial charge >= 0.3 is 0 Å². The summed E-state index contributed by atoms with van der Waals surface area (Å²) in [7, 11) is -2.96. The van der Waals surface area contributed by atoms with Gasteiger partial charge in [0.2, 0.25) is 5.95 Å². The van der Waals surface area contributed by atoms with Crippen molar-refractivity contribution in [2.75, 3.05) is 16.8 Å². The van der Waals surface area contributed by atoms with Crippen LogP contribution in [0.15, 0.2) is 36.7 Å². The number of carbonyl (C=O) groups excluding carboxylic acids is 1. The summed E-state index contributed by atoms with van der Waals surface area (Å²) in [5, 5.41) is 5.84. The molecule has 132 valence electrons. The van der Waals surface area contributed by atoms with E-state index in [2.05, 4.69) is 20.6 Å². The minimum Gasteiger partial charge on any atom is -0.350 e. The van der Waals surface area contributed by atoms with Crippen LogP contribution in [0.1, 0.15) is 27.9 Å². The molecule has 0 spiro atoms. The monoisotopic (exact) mass is 360 g/mol. The number of carbonyl (C=O) groups is 1. The standard InChI is InChI=1S/C17H20N4O3S/c1-12-4-2-3-5-13(12)8-18-16(22)14-9-19-17(20-10-14)21-15-6-7-25(23,24)11-15/h2-5,9-10,15H,6-8,11H2,1H3,(H,18,22)(H,19,20,21). The maximum absolute atomic E-state index is 12.2. The van der Waals surface area contributed by atoms with Crippen LogP contribution in [0.5, 0.6) is 0 Å². The molecule has 0 radical (unpaired) electrons. The quantitative estimate of drug-likeness (QED) is 0.834. The Hall–Kier alpha value is -2.48. The number of hydrogen-bond donors (Lipinski definition) is 2. The maximum Gasteiger partial charge on any atom is 0.254 e. The fourth-order valence-corrected chi connectivity index (χ4v) is 4.37. The van der Waals surface area contributed by atoms with Crippen LogP contribution in [0.4, 0.5) is 5.95 Å². The molecule has 1 atom stereocenters. The molecule has 1 amide bonds. The summed E-state index contributed by atoms with van der Waals surface area (Å²) in [4.78, 5) is 20.4. The van der Waals surface area contributed by atoms with Crippen molar-refractivity contribution in [2.24, 2.45) is 0 Å². The number of aryl methyl sites for hydroxylation is 1. The van der Waals surface area contributed by atoms with Crippen LogP contribution in [-0.2, 0) is 16.4 Å². The molecule has 8 heteroatoms.